The molecule has 0 bridgehead atoms. The van der Waals surface area contributed by atoms with Gasteiger partial charge < -0.3 is 9.94 Å². The van der Waals surface area contributed by atoms with Crippen LogP contribution in [0.2, 0.25) is 0 Å². The summed E-state index contributed by atoms with van der Waals surface area (Å²) in [6.07, 6.45) is 6.51. The molecule has 0 saturated carbocycles. The maximum absolute atomic E-state index is 8.70. The van der Waals surface area contributed by atoms with Gasteiger partial charge in [-0.05, 0) is 16.8 Å². The van der Waals surface area contributed by atoms with E-state index in [4.69, 9.17) is 16.4 Å². The molecule has 0 aliphatic rings. The number of benzene rings is 2. The van der Waals surface area contributed by atoms with Gasteiger partial charge in [-0.1, -0.05) is 41.4 Å². The molecule has 0 unspecified atom stereocenters. The summed E-state index contributed by atoms with van der Waals surface area (Å²) in [6, 6.07) is 11.5. The lowest BCUT2D eigenvalue weighted by atomic mass is 10.0. The molecular formula is C14H11NO2. The molecule has 0 fully saturated rings. The molecule has 0 aromatic heterocycles. The van der Waals surface area contributed by atoms with Gasteiger partial charge in [0.25, 0.3) is 0 Å². The number of hydrogen-bond acceptors (Lipinski definition) is 3. The summed E-state index contributed by atoms with van der Waals surface area (Å²) >= 11 is 0. The number of terminal acetylenes is 1. The van der Waals surface area contributed by atoms with E-state index in [2.05, 4.69) is 11.1 Å². The molecule has 0 amide bonds. The summed E-state index contributed by atoms with van der Waals surface area (Å²) < 4.78 is 5.41. The minimum Gasteiger partial charge on any atom is -0.480 e. The third-order valence-electron chi connectivity index (χ3n) is 2.43. The van der Waals surface area contributed by atoms with Crippen molar-refractivity contribution in [3.8, 4) is 18.1 Å². The quantitative estimate of drug-likeness (QED) is 0.377. The van der Waals surface area contributed by atoms with Gasteiger partial charge in [0.2, 0.25) is 0 Å². The van der Waals surface area contributed by atoms with Crippen LogP contribution in [0.25, 0.3) is 10.8 Å². The number of fused-ring (bicyclic) bond motifs is 1. The third kappa shape index (κ3) is 2.21. The summed E-state index contributed by atoms with van der Waals surface area (Å²) in [5, 5.41) is 13.8. The van der Waals surface area contributed by atoms with Crippen LogP contribution in [0.3, 0.4) is 0 Å². The van der Waals surface area contributed by atoms with Gasteiger partial charge in [0.1, 0.15) is 12.4 Å². The van der Waals surface area contributed by atoms with Crippen LogP contribution in [0.5, 0.6) is 5.75 Å². The van der Waals surface area contributed by atoms with Crippen molar-refractivity contribution in [2.45, 2.75) is 0 Å². The largest absolute Gasteiger partial charge is 0.480 e. The minimum absolute atomic E-state index is 0.185. The van der Waals surface area contributed by atoms with Crippen LogP contribution in [0.4, 0.5) is 0 Å². The van der Waals surface area contributed by atoms with Gasteiger partial charge in [0, 0.05) is 5.56 Å². The maximum atomic E-state index is 8.70. The third-order valence-corrected chi connectivity index (χ3v) is 2.43. The van der Waals surface area contributed by atoms with Crippen LogP contribution >= 0.6 is 0 Å². The summed E-state index contributed by atoms with van der Waals surface area (Å²) in [6.45, 7) is 0.185. The Morgan fingerprint density at radius 2 is 2.12 bits per heavy atom. The maximum Gasteiger partial charge on any atom is 0.148 e. The predicted molar refractivity (Wildman–Crippen MR) is 67.7 cm³/mol. The number of oxime groups is 1. The lowest BCUT2D eigenvalue weighted by Crippen LogP contribution is -1.98. The lowest BCUT2D eigenvalue weighted by Gasteiger charge is -2.09. The normalized spacial score (nSPS) is 10.5. The van der Waals surface area contributed by atoms with Crippen molar-refractivity contribution < 1.29 is 9.94 Å². The van der Waals surface area contributed by atoms with Crippen LogP contribution in [0.1, 0.15) is 5.56 Å². The Morgan fingerprint density at radius 3 is 2.88 bits per heavy atom. The van der Waals surface area contributed by atoms with E-state index in [9.17, 15) is 0 Å². The van der Waals surface area contributed by atoms with Crippen LogP contribution in [-0.4, -0.2) is 18.0 Å². The number of rotatable bonds is 3. The van der Waals surface area contributed by atoms with E-state index in [0.29, 0.717) is 5.75 Å². The lowest BCUT2D eigenvalue weighted by molar-refractivity contribution is 0.321. The molecule has 0 aliphatic heterocycles. The smallest absolute Gasteiger partial charge is 0.148 e. The highest BCUT2D eigenvalue weighted by molar-refractivity contribution is 6.02. The van der Waals surface area contributed by atoms with E-state index in [1.165, 1.54) is 6.21 Å². The van der Waals surface area contributed by atoms with E-state index in [1.807, 2.05) is 36.4 Å². The Morgan fingerprint density at radius 1 is 1.29 bits per heavy atom. The zero-order valence-corrected chi connectivity index (χ0v) is 9.13. The molecular weight excluding hydrogens is 214 g/mol. The molecule has 0 radical (unpaired) electrons. The summed E-state index contributed by atoms with van der Waals surface area (Å²) in [4.78, 5) is 0. The molecule has 0 saturated heterocycles. The predicted octanol–water partition coefficient (Wildman–Crippen LogP) is 2.66. The standard InChI is InChI=1S/C14H11NO2/c1-2-9-17-14-8-7-11-5-3-4-6-12(11)13(14)10-15-16/h1,3-8,10,16H,9H2. The van der Waals surface area contributed by atoms with Gasteiger partial charge in [0.15, 0.2) is 0 Å². The number of nitrogens with zero attached hydrogens (tertiary/aromatic N) is 1. The van der Waals surface area contributed by atoms with Crippen LogP contribution < -0.4 is 4.74 Å². The van der Waals surface area contributed by atoms with E-state index >= 15 is 0 Å². The first-order valence-corrected chi connectivity index (χ1v) is 5.12. The molecule has 2 aromatic carbocycles. The monoisotopic (exact) mass is 225 g/mol. The van der Waals surface area contributed by atoms with Gasteiger partial charge in [-0.15, -0.1) is 6.42 Å². The van der Waals surface area contributed by atoms with Crippen molar-refractivity contribution in [2.24, 2.45) is 5.16 Å². The second-order valence-corrected chi connectivity index (χ2v) is 3.44. The Labute approximate surface area is 99.3 Å². The fourth-order valence-corrected chi connectivity index (χ4v) is 1.71. The van der Waals surface area contributed by atoms with Crippen LogP contribution in [-0.2, 0) is 0 Å². The average Bonchev–Trinajstić information content (AvgIpc) is 2.38. The molecule has 0 heterocycles. The van der Waals surface area contributed by atoms with E-state index in [0.717, 1.165) is 16.3 Å². The molecule has 0 spiro atoms. The highest BCUT2D eigenvalue weighted by Crippen LogP contribution is 2.26. The second-order valence-electron chi connectivity index (χ2n) is 3.44. The highest BCUT2D eigenvalue weighted by Gasteiger charge is 2.06. The molecule has 0 atom stereocenters. The fourth-order valence-electron chi connectivity index (χ4n) is 1.71. The topological polar surface area (TPSA) is 41.8 Å². The molecule has 0 aliphatic carbocycles. The zero-order chi connectivity index (χ0) is 12.1. The van der Waals surface area contributed by atoms with Crippen LogP contribution in [0, 0.1) is 12.3 Å². The van der Waals surface area contributed by atoms with Gasteiger partial charge >= 0.3 is 0 Å². The van der Waals surface area contributed by atoms with E-state index < -0.39 is 0 Å². The Hall–Kier alpha value is -2.47. The van der Waals surface area contributed by atoms with E-state index in [1.54, 1.807) is 0 Å². The Balaban J connectivity index is 2.60. The SMILES string of the molecule is C#CCOc1ccc2ccccc2c1C=NO. The number of ether oxygens (including phenoxy) is 1. The first-order valence-electron chi connectivity index (χ1n) is 5.12. The Bertz CT molecular complexity index is 597. The molecule has 1 N–H and O–H groups in total. The molecule has 2 rings (SSSR count). The van der Waals surface area contributed by atoms with E-state index in [-0.39, 0.29) is 6.61 Å². The Kier molecular flexibility index (Phi) is 3.27. The molecule has 3 heteroatoms. The fraction of sp³-hybridized carbons (Fsp3) is 0.0714. The zero-order valence-electron chi connectivity index (χ0n) is 9.13. The van der Waals surface area contributed by atoms with Gasteiger partial charge in [0.05, 0.1) is 6.21 Å². The van der Waals surface area contributed by atoms with Crippen molar-refractivity contribution in [1.29, 1.82) is 0 Å². The van der Waals surface area contributed by atoms with Crippen molar-refractivity contribution in [3.63, 3.8) is 0 Å². The van der Waals surface area contributed by atoms with Crippen molar-refractivity contribution in [1.82, 2.24) is 0 Å². The summed E-state index contributed by atoms with van der Waals surface area (Å²) in [5.41, 5.74) is 0.723. The minimum atomic E-state index is 0.185. The van der Waals surface area contributed by atoms with Crippen molar-refractivity contribution in [3.05, 3.63) is 42.0 Å². The van der Waals surface area contributed by atoms with Gasteiger partial charge in [-0.3, -0.25) is 0 Å². The number of hydrogen-bond donors (Lipinski definition) is 1. The average molecular weight is 225 g/mol. The summed E-state index contributed by atoms with van der Waals surface area (Å²) in [5.74, 6) is 3.01. The molecule has 84 valence electrons. The molecule has 17 heavy (non-hydrogen) atoms. The first-order chi connectivity index (χ1) is 8.36. The summed E-state index contributed by atoms with van der Waals surface area (Å²) in [7, 11) is 0. The first kappa shape index (κ1) is 11.0. The van der Waals surface area contributed by atoms with Gasteiger partial charge in [-0.25, -0.2) is 0 Å². The molecule has 2 aromatic rings. The van der Waals surface area contributed by atoms with Gasteiger partial charge in [-0.2, -0.15) is 0 Å². The molecule has 3 nitrogen and oxygen atoms in total. The second kappa shape index (κ2) is 5.04. The highest BCUT2D eigenvalue weighted by atomic mass is 16.5. The van der Waals surface area contributed by atoms with Crippen molar-refractivity contribution in [2.75, 3.05) is 6.61 Å². The van der Waals surface area contributed by atoms with Crippen molar-refractivity contribution >= 4 is 17.0 Å². The van der Waals surface area contributed by atoms with Crippen LogP contribution in [0.15, 0.2) is 41.6 Å².